The van der Waals surface area contributed by atoms with Gasteiger partial charge in [-0.2, -0.15) is 0 Å². The SMILES string of the molecule is Cc1cc(Sc2cnccn2)c([C@H](C)O)cc1F. The highest BCUT2D eigenvalue weighted by molar-refractivity contribution is 7.99. The second-order valence-corrected chi connectivity index (χ2v) is 5.02. The average Bonchev–Trinajstić information content (AvgIpc) is 2.34. The fourth-order valence-electron chi connectivity index (χ4n) is 1.54. The van der Waals surface area contributed by atoms with Crippen LogP contribution in [0.4, 0.5) is 4.39 Å². The van der Waals surface area contributed by atoms with Crippen LogP contribution in [0, 0.1) is 12.7 Å². The number of halogens is 1. The number of nitrogens with zero attached hydrogens (tertiary/aromatic N) is 2. The van der Waals surface area contributed by atoms with Gasteiger partial charge in [-0.15, -0.1) is 0 Å². The maximum Gasteiger partial charge on any atom is 0.126 e. The molecule has 0 spiro atoms. The van der Waals surface area contributed by atoms with Gasteiger partial charge in [0.1, 0.15) is 10.8 Å². The van der Waals surface area contributed by atoms with E-state index in [9.17, 15) is 9.50 Å². The van der Waals surface area contributed by atoms with E-state index in [4.69, 9.17) is 0 Å². The van der Waals surface area contributed by atoms with Gasteiger partial charge in [0.15, 0.2) is 0 Å². The van der Waals surface area contributed by atoms with Crippen LogP contribution in [0.5, 0.6) is 0 Å². The third-order valence-corrected chi connectivity index (χ3v) is 3.49. The van der Waals surface area contributed by atoms with Gasteiger partial charge in [0.25, 0.3) is 0 Å². The van der Waals surface area contributed by atoms with Gasteiger partial charge in [0, 0.05) is 17.3 Å². The van der Waals surface area contributed by atoms with E-state index in [0.29, 0.717) is 16.2 Å². The molecule has 1 N–H and O–H groups in total. The second kappa shape index (κ2) is 5.46. The molecule has 0 fully saturated rings. The standard InChI is InChI=1S/C13H13FN2OS/c1-8-5-12(10(9(2)17)6-11(8)14)18-13-7-15-3-4-16-13/h3-7,9,17H,1-2H3/t9-/m0/s1. The predicted molar refractivity (Wildman–Crippen MR) is 67.9 cm³/mol. The maximum atomic E-state index is 13.5. The summed E-state index contributed by atoms with van der Waals surface area (Å²) in [4.78, 5) is 8.92. The molecule has 0 saturated heterocycles. The summed E-state index contributed by atoms with van der Waals surface area (Å²) in [5, 5.41) is 10.4. The molecule has 94 valence electrons. The number of hydrogen-bond acceptors (Lipinski definition) is 4. The molecule has 5 heteroatoms. The van der Waals surface area contributed by atoms with Crippen molar-refractivity contribution in [2.24, 2.45) is 0 Å². The Morgan fingerprint density at radius 1 is 1.33 bits per heavy atom. The Kier molecular flexibility index (Phi) is 3.93. The summed E-state index contributed by atoms with van der Waals surface area (Å²) >= 11 is 1.37. The Bertz CT molecular complexity index is 546. The lowest BCUT2D eigenvalue weighted by Crippen LogP contribution is -1.97. The molecule has 3 nitrogen and oxygen atoms in total. The zero-order valence-corrected chi connectivity index (χ0v) is 10.9. The molecule has 2 aromatic rings. The van der Waals surface area contributed by atoms with Gasteiger partial charge in [-0.25, -0.2) is 9.37 Å². The van der Waals surface area contributed by atoms with Crippen LogP contribution in [0.3, 0.4) is 0 Å². The van der Waals surface area contributed by atoms with Crippen LogP contribution in [0.15, 0.2) is 40.6 Å². The monoisotopic (exact) mass is 264 g/mol. The van der Waals surface area contributed by atoms with Crippen LogP contribution >= 0.6 is 11.8 Å². The smallest absolute Gasteiger partial charge is 0.126 e. The fraction of sp³-hybridized carbons (Fsp3) is 0.231. The summed E-state index contributed by atoms with van der Waals surface area (Å²) in [5.41, 5.74) is 1.11. The number of aryl methyl sites for hydroxylation is 1. The van der Waals surface area contributed by atoms with Crippen molar-refractivity contribution in [2.45, 2.75) is 29.9 Å². The van der Waals surface area contributed by atoms with Crippen LogP contribution < -0.4 is 0 Å². The molecule has 2 rings (SSSR count). The van der Waals surface area contributed by atoms with E-state index >= 15 is 0 Å². The molecule has 1 heterocycles. The van der Waals surface area contributed by atoms with Gasteiger partial charge in [0.05, 0.1) is 12.3 Å². The van der Waals surface area contributed by atoms with E-state index in [2.05, 4.69) is 9.97 Å². The first-order valence-corrected chi connectivity index (χ1v) is 6.31. The molecule has 1 aromatic heterocycles. The normalized spacial score (nSPS) is 12.4. The zero-order valence-electron chi connectivity index (χ0n) is 10.1. The quantitative estimate of drug-likeness (QED) is 0.925. The molecular formula is C13H13FN2OS. The third-order valence-electron chi connectivity index (χ3n) is 2.50. The Balaban J connectivity index is 2.40. The van der Waals surface area contributed by atoms with Gasteiger partial charge in [-0.3, -0.25) is 4.98 Å². The molecule has 0 amide bonds. The van der Waals surface area contributed by atoms with Crippen molar-refractivity contribution >= 4 is 11.8 Å². The molecule has 1 aromatic carbocycles. The molecule has 0 radical (unpaired) electrons. The van der Waals surface area contributed by atoms with Crippen molar-refractivity contribution < 1.29 is 9.50 Å². The average molecular weight is 264 g/mol. The highest BCUT2D eigenvalue weighted by Gasteiger charge is 2.13. The fourth-order valence-corrected chi connectivity index (χ4v) is 2.57. The van der Waals surface area contributed by atoms with Crippen LogP contribution in [-0.2, 0) is 0 Å². The van der Waals surface area contributed by atoms with E-state index in [-0.39, 0.29) is 5.82 Å². The van der Waals surface area contributed by atoms with Crippen molar-refractivity contribution in [2.75, 3.05) is 0 Å². The number of aromatic nitrogens is 2. The highest BCUT2D eigenvalue weighted by Crippen LogP contribution is 2.33. The van der Waals surface area contributed by atoms with Crippen molar-refractivity contribution in [3.63, 3.8) is 0 Å². The van der Waals surface area contributed by atoms with Gasteiger partial charge in [0.2, 0.25) is 0 Å². The Hall–Kier alpha value is -1.46. The van der Waals surface area contributed by atoms with Gasteiger partial charge in [-0.05, 0) is 37.1 Å². The van der Waals surface area contributed by atoms with Crippen LogP contribution in [0.1, 0.15) is 24.2 Å². The highest BCUT2D eigenvalue weighted by atomic mass is 32.2. The maximum absolute atomic E-state index is 13.5. The van der Waals surface area contributed by atoms with Crippen LogP contribution in [0.2, 0.25) is 0 Å². The largest absolute Gasteiger partial charge is 0.389 e. The molecule has 1 atom stereocenters. The number of aliphatic hydroxyl groups excluding tert-OH is 1. The van der Waals surface area contributed by atoms with E-state index in [1.807, 2.05) is 0 Å². The minimum absolute atomic E-state index is 0.311. The number of hydrogen-bond donors (Lipinski definition) is 1. The van der Waals surface area contributed by atoms with Crippen molar-refractivity contribution in [3.05, 3.63) is 47.7 Å². The predicted octanol–water partition coefficient (Wildman–Crippen LogP) is 3.13. The molecule has 0 aliphatic carbocycles. The third kappa shape index (κ3) is 2.86. The van der Waals surface area contributed by atoms with Crippen molar-refractivity contribution in [1.29, 1.82) is 0 Å². The summed E-state index contributed by atoms with van der Waals surface area (Å²) in [5.74, 6) is -0.311. The summed E-state index contributed by atoms with van der Waals surface area (Å²) < 4.78 is 13.5. The van der Waals surface area contributed by atoms with Gasteiger partial charge >= 0.3 is 0 Å². The summed E-state index contributed by atoms with van der Waals surface area (Å²) in [6.07, 6.45) is 4.10. The first-order valence-electron chi connectivity index (χ1n) is 5.50. The lowest BCUT2D eigenvalue weighted by Gasteiger charge is -2.12. The zero-order chi connectivity index (χ0) is 13.1. The minimum atomic E-state index is -0.723. The second-order valence-electron chi connectivity index (χ2n) is 3.96. The van der Waals surface area contributed by atoms with Crippen molar-refractivity contribution in [1.82, 2.24) is 9.97 Å². The lowest BCUT2D eigenvalue weighted by molar-refractivity contribution is 0.196. The van der Waals surface area contributed by atoms with Crippen LogP contribution in [-0.4, -0.2) is 15.1 Å². The molecule has 0 unspecified atom stereocenters. The minimum Gasteiger partial charge on any atom is -0.389 e. The van der Waals surface area contributed by atoms with Crippen LogP contribution in [0.25, 0.3) is 0 Å². The molecule has 0 saturated carbocycles. The Morgan fingerprint density at radius 3 is 2.72 bits per heavy atom. The van der Waals surface area contributed by atoms with E-state index < -0.39 is 6.10 Å². The molecule has 0 aliphatic rings. The van der Waals surface area contributed by atoms with Gasteiger partial charge in [-0.1, -0.05) is 11.8 Å². The first kappa shape index (κ1) is 13.0. The summed E-state index contributed by atoms with van der Waals surface area (Å²) in [6.45, 7) is 3.31. The van der Waals surface area contributed by atoms with E-state index in [1.165, 1.54) is 17.8 Å². The number of rotatable bonds is 3. The first-order chi connectivity index (χ1) is 8.58. The van der Waals surface area contributed by atoms with Gasteiger partial charge < -0.3 is 5.11 Å². The Labute approximate surface area is 109 Å². The van der Waals surface area contributed by atoms with E-state index in [0.717, 1.165) is 4.90 Å². The molecule has 0 bridgehead atoms. The number of aliphatic hydroxyl groups is 1. The Morgan fingerprint density at radius 2 is 2.11 bits per heavy atom. The molecule has 0 aliphatic heterocycles. The topological polar surface area (TPSA) is 46.0 Å². The van der Waals surface area contributed by atoms with Crippen molar-refractivity contribution in [3.8, 4) is 0 Å². The molecule has 18 heavy (non-hydrogen) atoms. The lowest BCUT2D eigenvalue weighted by atomic mass is 10.1. The summed E-state index contributed by atoms with van der Waals surface area (Å²) in [7, 11) is 0. The van der Waals surface area contributed by atoms with E-state index in [1.54, 1.807) is 38.5 Å². The summed E-state index contributed by atoms with van der Waals surface area (Å²) in [6, 6.07) is 3.09. The number of benzene rings is 1. The molecular weight excluding hydrogens is 251 g/mol.